The maximum Gasteiger partial charge on any atom is 0.410 e. The van der Waals surface area contributed by atoms with E-state index in [1.165, 1.54) is 0 Å². The molecule has 1 fully saturated rings. The maximum absolute atomic E-state index is 13.0. The third-order valence-electron chi connectivity index (χ3n) is 7.63. The van der Waals surface area contributed by atoms with Gasteiger partial charge in [-0.2, -0.15) is 10.1 Å². The molecule has 1 amide bonds. The molecule has 4 aromatic rings. The van der Waals surface area contributed by atoms with Gasteiger partial charge in [0.2, 0.25) is 5.95 Å². The zero-order chi connectivity index (χ0) is 29.8. The molecule has 1 atom stereocenters. The first-order valence-corrected chi connectivity index (χ1v) is 14.6. The molecule has 0 aliphatic carbocycles. The number of carbonyl (C=O) groups excluding carboxylic acids is 1. The van der Waals surface area contributed by atoms with E-state index in [1.807, 2.05) is 53.2 Å². The topological polar surface area (TPSA) is 112 Å². The Balaban J connectivity index is 1.47. The van der Waals surface area contributed by atoms with Gasteiger partial charge in [-0.1, -0.05) is 17.7 Å². The fraction of sp³-hybridized carbons (Fsp3) is 0.467. The molecule has 0 radical (unpaired) electrons. The second-order valence-corrected chi connectivity index (χ2v) is 12.6. The second-order valence-electron chi connectivity index (χ2n) is 12.2. The molecule has 0 unspecified atom stereocenters. The number of hydrogen-bond acceptors (Lipinski definition) is 9. The molecule has 2 aliphatic heterocycles. The van der Waals surface area contributed by atoms with Crippen LogP contribution in [0.3, 0.4) is 0 Å². The van der Waals surface area contributed by atoms with Crippen molar-refractivity contribution in [1.29, 1.82) is 0 Å². The van der Waals surface area contributed by atoms with Gasteiger partial charge in [0.05, 0.1) is 33.7 Å². The lowest BCUT2D eigenvalue weighted by atomic mass is 9.95. The number of fused-ring (bicyclic) bond motifs is 3. The maximum atomic E-state index is 13.0. The summed E-state index contributed by atoms with van der Waals surface area (Å²) < 4.78 is 12.2. The highest BCUT2D eigenvalue weighted by Gasteiger charge is 2.37. The van der Waals surface area contributed by atoms with E-state index in [9.17, 15) is 4.79 Å². The monoisotopic (exact) mass is 592 g/mol. The number of H-pyrrole nitrogens is 1. The molecule has 1 saturated heterocycles. The molecule has 222 valence electrons. The number of ether oxygens (including phenoxy) is 2. The molecular weight excluding hydrogens is 556 g/mol. The number of halogens is 1. The van der Waals surface area contributed by atoms with Gasteiger partial charge < -0.3 is 29.5 Å². The first-order valence-electron chi connectivity index (χ1n) is 14.2. The summed E-state index contributed by atoms with van der Waals surface area (Å²) in [5.41, 5.74) is 3.95. The van der Waals surface area contributed by atoms with Crippen molar-refractivity contribution in [3.05, 3.63) is 35.0 Å². The van der Waals surface area contributed by atoms with E-state index in [0.29, 0.717) is 49.5 Å². The Morgan fingerprint density at radius 3 is 2.83 bits per heavy atom. The van der Waals surface area contributed by atoms with Crippen LogP contribution >= 0.6 is 11.6 Å². The lowest BCUT2D eigenvalue weighted by Gasteiger charge is -2.41. The summed E-state index contributed by atoms with van der Waals surface area (Å²) in [6.45, 7) is 11.0. The van der Waals surface area contributed by atoms with Crippen LogP contribution < -0.4 is 15.0 Å². The molecule has 2 aromatic carbocycles. The van der Waals surface area contributed by atoms with Crippen LogP contribution in [0.2, 0.25) is 5.02 Å². The predicted octanol–water partition coefficient (Wildman–Crippen LogP) is 4.93. The largest absolute Gasteiger partial charge is 0.489 e. The molecule has 2 aromatic heterocycles. The van der Waals surface area contributed by atoms with Crippen LogP contribution in [0.15, 0.2) is 24.4 Å². The van der Waals surface area contributed by atoms with Crippen molar-refractivity contribution in [1.82, 2.24) is 30.0 Å². The predicted molar refractivity (Wildman–Crippen MR) is 166 cm³/mol. The molecule has 4 heterocycles. The molecule has 6 rings (SSSR count). The van der Waals surface area contributed by atoms with Gasteiger partial charge in [-0.15, -0.1) is 0 Å². The number of anilines is 2. The van der Waals surface area contributed by atoms with Crippen LogP contribution in [-0.4, -0.2) is 101 Å². The summed E-state index contributed by atoms with van der Waals surface area (Å²) in [7, 11) is 4.06. The van der Waals surface area contributed by atoms with Crippen molar-refractivity contribution in [2.24, 2.45) is 0 Å². The normalized spacial score (nSPS) is 16.9. The van der Waals surface area contributed by atoms with Crippen LogP contribution in [0.25, 0.3) is 32.9 Å². The van der Waals surface area contributed by atoms with Crippen molar-refractivity contribution in [2.75, 3.05) is 63.6 Å². The highest BCUT2D eigenvalue weighted by molar-refractivity contribution is 6.37. The molecule has 12 heteroatoms. The molecule has 0 spiro atoms. The van der Waals surface area contributed by atoms with Gasteiger partial charge in [-0.05, 0) is 65.0 Å². The summed E-state index contributed by atoms with van der Waals surface area (Å²) in [5.74, 6) is 1.84. The Kier molecular flexibility index (Phi) is 7.26. The minimum Gasteiger partial charge on any atom is -0.489 e. The Morgan fingerprint density at radius 1 is 1.26 bits per heavy atom. The minimum atomic E-state index is -0.573. The van der Waals surface area contributed by atoms with Crippen molar-refractivity contribution in [2.45, 2.75) is 39.3 Å². The van der Waals surface area contributed by atoms with Crippen molar-refractivity contribution >= 4 is 51.3 Å². The Bertz CT molecular complexity index is 1660. The van der Waals surface area contributed by atoms with Crippen molar-refractivity contribution in [3.8, 4) is 16.9 Å². The van der Waals surface area contributed by atoms with Crippen LogP contribution in [0, 0.1) is 6.92 Å². The van der Waals surface area contributed by atoms with E-state index in [2.05, 4.69) is 38.3 Å². The number of benzene rings is 2. The molecule has 11 nitrogen and oxygen atoms in total. The first kappa shape index (κ1) is 28.3. The van der Waals surface area contributed by atoms with E-state index in [1.54, 1.807) is 4.90 Å². The number of amides is 1. The summed E-state index contributed by atoms with van der Waals surface area (Å²) in [4.78, 5) is 29.0. The van der Waals surface area contributed by atoms with Gasteiger partial charge in [0.15, 0.2) is 5.75 Å². The average Bonchev–Trinajstić information content (AvgIpc) is 3.33. The number of aryl methyl sites for hydroxylation is 1. The number of nitrogens with one attached hydrogen (secondary N) is 2. The van der Waals surface area contributed by atoms with Gasteiger partial charge in [-0.25, -0.2) is 9.78 Å². The number of likely N-dealkylation sites (N-methyl/N-ethyl adjacent to an activating group) is 1. The van der Waals surface area contributed by atoms with E-state index in [4.69, 9.17) is 31.0 Å². The zero-order valence-electron chi connectivity index (χ0n) is 24.9. The third-order valence-corrected chi connectivity index (χ3v) is 8.01. The fourth-order valence-corrected chi connectivity index (χ4v) is 5.95. The average molecular weight is 593 g/mol. The Labute approximate surface area is 250 Å². The van der Waals surface area contributed by atoms with Gasteiger partial charge in [0, 0.05) is 43.7 Å². The molecular formula is C30H37ClN8O3. The Morgan fingerprint density at radius 2 is 2.07 bits per heavy atom. The fourth-order valence-electron chi connectivity index (χ4n) is 5.65. The highest BCUT2D eigenvalue weighted by atomic mass is 35.5. The molecule has 2 N–H and O–H groups in total. The number of carbonyl (C=O) groups is 1. The quantitative estimate of drug-likeness (QED) is 0.333. The highest BCUT2D eigenvalue weighted by Crippen LogP contribution is 2.48. The number of aromatic amines is 1. The number of hydrogen-bond donors (Lipinski definition) is 2. The minimum absolute atomic E-state index is 0.148. The van der Waals surface area contributed by atoms with Gasteiger partial charge in [0.25, 0.3) is 0 Å². The number of aromatic nitrogens is 4. The summed E-state index contributed by atoms with van der Waals surface area (Å²) in [6, 6.07) is 5.95. The number of rotatable bonds is 5. The van der Waals surface area contributed by atoms with Crippen LogP contribution in [0.4, 0.5) is 16.6 Å². The summed E-state index contributed by atoms with van der Waals surface area (Å²) >= 11 is 7.21. The number of nitrogens with zero attached hydrogens (tertiary/aromatic N) is 6. The van der Waals surface area contributed by atoms with E-state index >= 15 is 0 Å². The second kappa shape index (κ2) is 10.8. The lowest BCUT2D eigenvalue weighted by molar-refractivity contribution is 0.0202. The molecule has 0 saturated carbocycles. The van der Waals surface area contributed by atoms with E-state index in [-0.39, 0.29) is 12.1 Å². The smallest absolute Gasteiger partial charge is 0.410 e. The SMILES string of the molecule is Cc1ccc2[nH]ncc2c1-c1cc2nc(NCCN(C)C)nc3c2c(c1Cl)OC[C@@H]1CN(C(=O)OC(C)(C)C)CCN31. The van der Waals surface area contributed by atoms with E-state index < -0.39 is 5.60 Å². The zero-order valence-corrected chi connectivity index (χ0v) is 25.7. The third kappa shape index (κ3) is 5.27. The summed E-state index contributed by atoms with van der Waals surface area (Å²) in [6.07, 6.45) is 1.49. The van der Waals surface area contributed by atoms with Crippen LogP contribution in [-0.2, 0) is 4.74 Å². The van der Waals surface area contributed by atoms with Gasteiger partial charge >= 0.3 is 6.09 Å². The first-order chi connectivity index (χ1) is 20.0. The molecule has 42 heavy (non-hydrogen) atoms. The van der Waals surface area contributed by atoms with Crippen molar-refractivity contribution in [3.63, 3.8) is 0 Å². The Hall–Kier alpha value is -3.83. The summed E-state index contributed by atoms with van der Waals surface area (Å²) in [5, 5.41) is 13.0. The van der Waals surface area contributed by atoms with Gasteiger partial charge in [0.1, 0.15) is 18.0 Å². The van der Waals surface area contributed by atoms with Crippen molar-refractivity contribution < 1.29 is 14.3 Å². The standard InChI is InChI=1S/C30H37ClN8O3/c1-17-7-8-21-20(14-33-36-21)23(17)19-13-22-24-26(25(19)31)41-16-18-15-38(29(40)42-30(2,3)4)11-12-39(18)27(24)35-28(34-22)32-9-10-37(5)6/h7-8,13-14,18H,9-12,15-16H2,1-6H3,(H,33,36)(H,32,34,35)/t18-/m0/s1. The van der Waals surface area contributed by atoms with Crippen LogP contribution in [0.5, 0.6) is 5.75 Å². The van der Waals surface area contributed by atoms with E-state index in [0.717, 1.165) is 50.9 Å². The molecule has 2 aliphatic rings. The van der Waals surface area contributed by atoms with Crippen LogP contribution in [0.1, 0.15) is 26.3 Å². The molecule has 0 bridgehead atoms. The van der Waals surface area contributed by atoms with Gasteiger partial charge in [-0.3, -0.25) is 5.10 Å². The number of piperazine rings is 1. The lowest BCUT2D eigenvalue weighted by Crippen LogP contribution is -2.57.